The van der Waals surface area contributed by atoms with Gasteiger partial charge in [-0.3, -0.25) is 4.79 Å². The highest BCUT2D eigenvalue weighted by molar-refractivity contribution is 9.10. The van der Waals surface area contributed by atoms with E-state index in [9.17, 15) is 9.90 Å². The lowest BCUT2D eigenvalue weighted by atomic mass is 10.1. The molecule has 1 heterocycles. The summed E-state index contributed by atoms with van der Waals surface area (Å²) < 4.78 is 11.4. The van der Waals surface area contributed by atoms with Crippen molar-refractivity contribution in [2.75, 3.05) is 26.8 Å². The number of rotatable bonds is 3. The van der Waals surface area contributed by atoms with Crippen molar-refractivity contribution in [2.45, 2.75) is 19.1 Å². The van der Waals surface area contributed by atoms with Crippen LogP contribution >= 0.6 is 15.9 Å². The monoisotopic (exact) mass is 343 g/mol. The third-order valence-electron chi connectivity index (χ3n) is 3.22. The second-order valence-corrected chi connectivity index (χ2v) is 5.67. The van der Waals surface area contributed by atoms with Crippen molar-refractivity contribution in [3.05, 3.63) is 28.2 Å². The molecule has 2 rings (SSSR count). The fraction of sp³-hybridized carbons (Fsp3) is 0.500. The molecule has 0 saturated carbocycles. The summed E-state index contributed by atoms with van der Waals surface area (Å²) >= 11 is 3.38. The normalized spacial score (nSPS) is 22.7. The van der Waals surface area contributed by atoms with E-state index in [0.29, 0.717) is 24.4 Å². The van der Waals surface area contributed by atoms with Gasteiger partial charge in [-0.1, -0.05) is 0 Å². The lowest BCUT2D eigenvalue weighted by Gasteiger charge is -2.36. The molecular weight excluding hydrogens is 326 g/mol. The van der Waals surface area contributed by atoms with E-state index in [-0.39, 0.29) is 24.7 Å². The number of morpholine rings is 1. The average Bonchev–Trinajstić information content (AvgIpc) is 2.45. The maximum atomic E-state index is 12.5. The van der Waals surface area contributed by atoms with Crippen LogP contribution in [0.5, 0.6) is 5.75 Å². The number of hydrogen-bond acceptors (Lipinski definition) is 4. The SMILES string of the molecule is COc1ccc(C(=O)N2CC(C)OC(CO)C2)cc1Br. The first-order chi connectivity index (χ1) is 9.55. The smallest absolute Gasteiger partial charge is 0.254 e. The molecule has 6 heteroatoms. The average molecular weight is 344 g/mol. The highest BCUT2D eigenvalue weighted by Gasteiger charge is 2.28. The van der Waals surface area contributed by atoms with Gasteiger partial charge in [-0.25, -0.2) is 0 Å². The lowest BCUT2D eigenvalue weighted by molar-refractivity contribution is -0.0858. The predicted molar refractivity (Wildman–Crippen MR) is 78.0 cm³/mol. The molecule has 20 heavy (non-hydrogen) atoms. The maximum absolute atomic E-state index is 12.5. The van der Waals surface area contributed by atoms with Crippen molar-refractivity contribution >= 4 is 21.8 Å². The molecule has 0 radical (unpaired) electrons. The van der Waals surface area contributed by atoms with E-state index < -0.39 is 0 Å². The van der Waals surface area contributed by atoms with Gasteiger partial charge in [0.05, 0.1) is 30.4 Å². The number of hydrogen-bond donors (Lipinski definition) is 1. The van der Waals surface area contributed by atoms with E-state index in [4.69, 9.17) is 9.47 Å². The Bertz CT molecular complexity index is 494. The first-order valence-corrected chi connectivity index (χ1v) is 7.23. The highest BCUT2D eigenvalue weighted by Crippen LogP contribution is 2.26. The van der Waals surface area contributed by atoms with Gasteiger partial charge in [-0.2, -0.15) is 0 Å². The van der Waals surface area contributed by atoms with Crippen molar-refractivity contribution in [1.29, 1.82) is 0 Å². The number of ether oxygens (including phenoxy) is 2. The summed E-state index contributed by atoms with van der Waals surface area (Å²) in [6, 6.07) is 5.24. The summed E-state index contributed by atoms with van der Waals surface area (Å²) in [5.74, 6) is 0.618. The first-order valence-electron chi connectivity index (χ1n) is 6.44. The molecule has 0 spiro atoms. The molecule has 1 N–H and O–H groups in total. The minimum Gasteiger partial charge on any atom is -0.496 e. The summed E-state index contributed by atoms with van der Waals surface area (Å²) in [4.78, 5) is 14.2. The largest absolute Gasteiger partial charge is 0.496 e. The molecule has 1 aliphatic rings. The van der Waals surface area contributed by atoms with Crippen LogP contribution in [0.2, 0.25) is 0 Å². The van der Waals surface area contributed by atoms with E-state index in [2.05, 4.69) is 15.9 Å². The molecule has 1 aromatic carbocycles. The van der Waals surface area contributed by atoms with Gasteiger partial charge in [-0.15, -0.1) is 0 Å². The Balaban J connectivity index is 2.16. The molecule has 110 valence electrons. The minimum absolute atomic E-state index is 0.0676. The summed E-state index contributed by atoms with van der Waals surface area (Å²) in [6.07, 6.45) is -0.393. The second kappa shape index (κ2) is 6.56. The minimum atomic E-state index is -0.315. The predicted octanol–water partition coefficient (Wildman–Crippen LogP) is 1.68. The lowest BCUT2D eigenvalue weighted by Crippen LogP contribution is -2.50. The van der Waals surface area contributed by atoms with Crippen LogP contribution < -0.4 is 4.74 Å². The Labute approximate surface area is 126 Å². The number of aliphatic hydroxyl groups excluding tert-OH is 1. The fourth-order valence-corrected chi connectivity index (χ4v) is 2.83. The molecule has 0 aromatic heterocycles. The molecule has 0 bridgehead atoms. The van der Waals surface area contributed by atoms with E-state index in [1.807, 2.05) is 6.92 Å². The van der Waals surface area contributed by atoms with Gasteiger partial charge < -0.3 is 19.5 Å². The first kappa shape index (κ1) is 15.3. The highest BCUT2D eigenvalue weighted by atomic mass is 79.9. The zero-order valence-electron chi connectivity index (χ0n) is 11.5. The number of halogens is 1. The van der Waals surface area contributed by atoms with Crippen molar-refractivity contribution in [1.82, 2.24) is 4.90 Å². The molecule has 1 aromatic rings. The van der Waals surface area contributed by atoms with Crippen LogP contribution in [0.4, 0.5) is 0 Å². The van der Waals surface area contributed by atoms with Crippen LogP contribution in [0.3, 0.4) is 0 Å². The number of amides is 1. The number of carbonyl (C=O) groups excluding carboxylic acids is 1. The van der Waals surface area contributed by atoms with Crippen LogP contribution in [0.15, 0.2) is 22.7 Å². The molecule has 1 fully saturated rings. The van der Waals surface area contributed by atoms with E-state index >= 15 is 0 Å². The van der Waals surface area contributed by atoms with Gasteiger partial charge in [0, 0.05) is 18.7 Å². The third-order valence-corrected chi connectivity index (χ3v) is 3.84. The number of methoxy groups -OCH3 is 1. The maximum Gasteiger partial charge on any atom is 0.254 e. The van der Waals surface area contributed by atoms with Crippen LogP contribution in [-0.2, 0) is 4.74 Å². The Morgan fingerprint density at radius 1 is 1.55 bits per heavy atom. The summed E-state index contributed by atoms with van der Waals surface area (Å²) in [7, 11) is 1.58. The van der Waals surface area contributed by atoms with Crippen LogP contribution in [0.1, 0.15) is 17.3 Å². The van der Waals surface area contributed by atoms with Gasteiger partial charge in [0.2, 0.25) is 0 Å². The Kier molecular flexibility index (Phi) is 5.01. The standard InChI is InChI=1S/C14H18BrNO4/c1-9-6-16(7-11(8-17)20-9)14(18)10-3-4-13(19-2)12(15)5-10/h3-5,9,11,17H,6-8H2,1-2H3. The van der Waals surface area contributed by atoms with Crippen LogP contribution in [0.25, 0.3) is 0 Å². The second-order valence-electron chi connectivity index (χ2n) is 4.81. The Morgan fingerprint density at radius 2 is 2.30 bits per heavy atom. The summed E-state index contributed by atoms with van der Waals surface area (Å²) in [5.41, 5.74) is 0.587. The molecule has 0 aliphatic carbocycles. The fourth-order valence-electron chi connectivity index (χ4n) is 2.29. The molecule has 2 atom stereocenters. The molecular formula is C14H18BrNO4. The number of benzene rings is 1. The molecule has 5 nitrogen and oxygen atoms in total. The molecule has 1 amide bonds. The van der Waals surface area contributed by atoms with Gasteiger partial charge in [-0.05, 0) is 41.1 Å². The van der Waals surface area contributed by atoms with E-state index in [1.54, 1.807) is 30.2 Å². The number of aliphatic hydroxyl groups is 1. The van der Waals surface area contributed by atoms with Gasteiger partial charge in [0.25, 0.3) is 5.91 Å². The zero-order chi connectivity index (χ0) is 14.7. The van der Waals surface area contributed by atoms with Gasteiger partial charge in [0.1, 0.15) is 5.75 Å². The Morgan fingerprint density at radius 3 is 2.90 bits per heavy atom. The zero-order valence-corrected chi connectivity index (χ0v) is 13.1. The molecule has 1 aliphatic heterocycles. The quantitative estimate of drug-likeness (QED) is 0.907. The van der Waals surface area contributed by atoms with Gasteiger partial charge in [0.15, 0.2) is 0 Å². The number of carbonyl (C=O) groups is 1. The Hall–Kier alpha value is -1.11. The number of nitrogens with zero attached hydrogens (tertiary/aromatic N) is 1. The molecule has 1 saturated heterocycles. The van der Waals surface area contributed by atoms with E-state index in [1.165, 1.54) is 0 Å². The van der Waals surface area contributed by atoms with Gasteiger partial charge >= 0.3 is 0 Å². The summed E-state index contributed by atoms with van der Waals surface area (Å²) in [6.45, 7) is 2.74. The third kappa shape index (κ3) is 3.31. The van der Waals surface area contributed by atoms with E-state index in [0.717, 1.165) is 4.47 Å². The van der Waals surface area contributed by atoms with Crippen LogP contribution in [0, 0.1) is 0 Å². The van der Waals surface area contributed by atoms with Crippen molar-refractivity contribution in [3.8, 4) is 5.75 Å². The topological polar surface area (TPSA) is 59.0 Å². The van der Waals surface area contributed by atoms with Crippen LogP contribution in [-0.4, -0.2) is 54.9 Å². The summed E-state index contributed by atoms with van der Waals surface area (Å²) in [5, 5.41) is 9.20. The molecule has 2 unspecified atom stereocenters. The van der Waals surface area contributed by atoms with Crippen molar-refractivity contribution in [3.63, 3.8) is 0 Å². The van der Waals surface area contributed by atoms with Crippen molar-refractivity contribution in [2.24, 2.45) is 0 Å². The van der Waals surface area contributed by atoms with Crippen molar-refractivity contribution < 1.29 is 19.4 Å².